The normalized spacial score (nSPS) is 12.1. The molecule has 0 spiro atoms. The van der Waals surface area contributed by atoms with Crippen molar-refractivity contribution in [3.63, 3.8) is 0 Å². The molecule has 0 saturated heterocycles. The summed E-state index contributed by atoms with van der Waals surface area (Å²) in [6.07, 6.45) is 5.56. The number of hydrogen-bond donors (Lipinski definition) is 0. The quantitative estimate of drug-likeness (QED) is 0.195. The van der Waals surface area contributed by atoms with Crippen LogP contribution in [0.5, 0.6) is 0 Å². The van der Waals surface area contributed by atoms with Gasteiger partial charge in [-0.2, -0.15) is 18.1 Å². The van der Waals surface area contributed by atoms with Crippen molar-refractivity contribution < 1.29 is 20.8 Å². The van der Waals surface area contributed by atoms with E-state index in [1.807, 2.05) is 0 Å². The standard InChI is InChI=1S/C30H25.2ClH.Zr/c1-19-11-13-21(27-17-23-7-3-5-9-25(23)29(19)27)15-16-22-14-12-20(2)30-26-10-6-4-8-24(26)18-28(22)30;;;/h3-15H,16-18H2,1-2H3;2*1H;/q-1;;;+2/p-2. The SMILES string of the molecule is Cc1ccc([CH-]Cc2ccc(C)c3c2Cc2ccccc2-3)c2c1-c1ccccc1C2.[Cl][Zr][Cl]. The van der Waals surface area contributed by atoms with Crippen LogP contribution >= 0.6 is 17.0 Å². The van der Waals surface area contributed by atoms with E-state index in [0.29, 0.717) is 0 Å². The summed E-state index contributed by atoms with van der Waals surface area (Å²) in [5.74, 6) is 0. The molecule has 0 nitrogen and oxygen atoms in total. The molecule has 0 heterocycles. The molecule has 0 aromatic heterocycles. The zero-order valence-electron chi connectivity index (χ0n) is 18.9. The Kier molecular flexibility index (Phi) is 6.85. The molecular formula is C30H25Cl2Zr-. The van der Waals surface area contributed by atoms with Crippen LogP contribution in [0.25, 0.3) is 22.3 Å². The van der Waals surface area contributed by atoms with Crippen molar-refractivity contribution in [2.24, 2.45) is 0 Å². The topological polar surface area (TPSA) is 0 Å². The average molecular weight is 548 g/mol. The van der Waals surface area contributed by atoms with Gasteiger partial charge in [-0.05, 0) is 65.6 Å². The van der Waals surface area contributed by atoms with E-state index in [1.54, 1.807) is 0 Å². The number of halogens is 2. The Labute approximate surface area is 215 Å². The summed E-state index contributed by atoms with van der Waals surface area (Å²) < 4.78 is 0. The Morgan fingerprint density at radius 3 is 1.85 bits per heavy atom. The van der Waals surface area contributed by atoms with Crippen LogP contribution in [-0.4, -0.2) is 0 Å². The molecule has 0 unspecified atom stereocenters. The van der Waals surface area contributed by atoms with Crippen molar-refractivity contribution in [1.82, 2.24) is 0 Å². The summed E-state index contributed by atoms with van der Waals surface area (Å²) in [6, 6.07) is 27.1. The van der Waals surface area contributed by atoms with Crippen molar-refractivity contribution >= 4 is 17.0 Å². The van der Waals surface area contributed by atoms with Gasteiger partial charge in [0.05, 0.1) is 0 Å². The van der Waals surface area contributed by atoms with Crippen molar-refractivity contribution in [3.05, 3.63) is 124 Å². The van der Waals surface area contributed by atoms with Crippen LogP contribution in [0.15, 0.2) is 72.8 Å². The molecule has 0 radical (unpaired) electrons. The molecular weight excluding hydrogens is 522 g/mol. The molecule has 3 heteroatoms. The Bertz CT molecular complexity index is 1240. The number of hydrogen-bond acceptors (Lipinski definition) is 0. The number of benzene rings is 4. The zero-order valence-corrected chi connectivity index (χ0v) is 22.9. The Balaban J connectivity index is 0.000000724. The van der Waals surface area contributed by atoms with Gasteiger partial charge in [0.2, 0.25) is 0 Å². The molecule has 0 bridgehead atoms. The van der Waals surface area contributed by atoms with Gasteiger partial charge in [0, 0.05) is 0 Å². The minimum absolute atomic E-state index is 0.826. The maximum atomic E-state index is 4.93. The van der Waals surface area contributed by atoms with Gasteiger partial charge in [-0.15, -0.1) is 11.6 Å². The van der Waals surface area contributed by atoms with Crippen molar-refractivity contribution in [1.29, 1.82) is 0 Å². The molecule has 0 aliphatic heterocycles. The van der Waals surface area contributed by atoms with Crippen LogP contribution in [0.1, 0.15) is 44.5 Å². The Morgan fingerprint density at radius 1 is 0.697 bits per heavy atom. The summed E-state index contributed by atoms with van der Waals surface area (Å²) >= 11 is -0.826. The molecule has 0 amide bonds. The third-order valence-electron chi connectivity index (χ3n) is 7.03. The van der Waals surface area contributed by atoms with Gasteiger partial charge in [0.1, 0.15) is 0 Å². The summed E-state index contributed by atoms with van der Waals surface area (Å²) in [6.45, 7) is 4.49. The number of aryl methyl sites for hydroxylation is 2. The number of fused-ring (bicyclic) bond motifs is 6. The van der Waals surface area contributed by atoms with E-state index < -0.39 is 20.8 Å². The zero-order chi connectivity index (χ0) is 22.9. The second-order valence-corrected chi connectivity index (χ2v) is 12.6. The molecule has 0 N–H and O–H groups in total. The first-order valence-electron chi connectivity index (χ1n) is 11.3. The monoisotopic (exact) mass is 545 g/mol. The van der Waals surface area contributed by atoms with Crippen LogP contribution in [0, 0.1) is 20.3 Å². The van der Waals surface area contributed by atoms with E-state index in [-0.39, 0.29) is 0 Å². The van der Waals surface area contributed by atoms with Crippen molar-refractivity contribution in [3.8, 4) is 22.3 Å². The molecule has 4 aromatic rings. The first-order chi connectivity index (χ1) is 16.1. The predicted octanol–water partition coefficient (Wildman–Crippen LogP) is 8.62. The van der Waals surface area contributed by atoms with E-state index in [9.17, 15) is 0 Å². The van der Waals surface area contributed by atoms with Gasteiger partial charge in [-0.25, -0.2) is 0 Å². The van der Waals surface area contributed by atoms with Gasteiger partial charge < -0.3 is 0 Å². The second kappa shape index (κ2) is 9.83. The molecule has 6 rings (SSSR count). The molecule has 0 saturated carbocycles. The molecule has 2 aliphatic rings. The Morgan fingerprint density at radius 2 is 1.21 bits per heavy atom. The van der Waals surface area contributed by atoms with Crippen molar-refractivity contribution in [2.75, 3.05) is 0 Å². The minimum atomic E-state index is -0.826. The number of rotatable bonds is 3. The van der Waals surface area contributed by atoms with Crippen molar-refractivity contribution in [2.45, 2.75) is 33.1 Å². The van der Waals surface area contributed by atoms with E-state index in [4.69, 9.17) is 17.0 Å². The summed E-state index contributed by atoms with van der Waals surface area (Å²) in [5.41, 5.74) is 17.4. The van der Waals surface area contributed by atoms with Crippen LogP contribution in [-0.2, 0) is 40.1 Å². The predicted molar refractivity (Wildman–Crippen MR) is 138 cm³/mol. The van der Waals surface area contributed by atoms with Gasteiger partial charge in [0.25, 0.3) is 0 Å². The molecule has 4 aromatic carbocycles. The van der Waals surface area contributed by atoms with Gasteiger partial charge in [-0.1, -0.05) is 83.8 Å². The Hall–Kier alpha value is -1.79. The van der Waals surface area contributed by atoms with Gasteiger partial charge in [-0.3, -0.25) is 0 Å². The molecule has 0 fully saturated rings. The third kappa shape index (κ3) is 4.25. The average Bonchev–Trinajstić information content (AvgIpc) is 3.40. The molecule has 2 aliphatic carbocycles. The summed E-state index contributed by atoms with van der Waals surface area (Å²) in [5, 5.41) is 0. The first-order valence-corrected chi connectivity index (χ1v) is 17.6. The van der Waals surface area contributed by atoms with Gasteiger partial charge in [0.15, 0.2) is 0 Å². The van der Waals surface area contributed by atoms with E-state index >= 15 is 0 Å². The third-order valence-corrected chi connectivity index (χ3v) is 7.03. The molecule has 164 valence electrons. The van der Waals surface area contributed by atoms with E-state index in [2.05, 4.69) is 93.1 Å². The second-order valence-electron chi connectivity index (χ2n) is 8.87. The summed E-state index contributed by atoms with van der Waals surface area (Å²) in [7, 11) is 9.87. The maximum absolute atomic E-state index is 4.93. The van der Waals surface area contributed by atoms with Crippen LogP contribution in [0.3, 0.4) is 0 Å². The van der Waals surface area contributed by atoms with Crippen LogP contribution < -0.4 is 0 Å². The van der Waals surface area contributed by atoms with Crippen LogP contribution in [0.2, 0.25) is 0 Å². The fourth-order valence-electron chi connectivity index (χ4n) is 5.55. The fraction of sp³-hybridized carbons (Fsp3) is 0.167. The van der Waals surface area contributed by atoms with E-state index in [1.165, 1.54) is 66.8 Å². The summed E-state index contributed by atoms with van der Waals surface area (Å²) in [4.78, 5) is 0. The van der Waals surface area contributed by atoms with E-state index in [0.717, 1.165) is 19.3 Å². The molecule has 0 atom stereocenters. The fourth-order valence-corrected chi connectivity index (χ4v) is 5.55. The molecule has 33 heavy (non-hydrogen) atoms. The first kappa shape index (κ1) is 23.0. The van der Waals surface area contributed by atoms with Crippen LogP contribution in [0.4, 0.5) is 0 Å². The van der Waals surface area contributed by atoms with Gasteiger partial charge >= 0.3 is 37.9 Å².